The monoisotopic (exact) mass is 2200 g/mol. The summed E-state index contributed by atoms with van der Waals surface area (Å²) < 4.78 is 193. The van der Waals surface area contributed by atoms with Crippen molar-refractivity contribution in [3.05, 3.63) is 330 Å². The number of sulfonamides is 4. The van der Waals surface area contributed by atoms with E-state index in [9.17, 15) is 55.6 Å². The highest BCUT2D eigenvalue weighted by Crippen LogP contribution is 2.54. The SMILES string of the molecule is Cn1ccc(C2=C3C[C@H](NS(=O)(=O)C4CC4)CN3C(c3nccs3)=N[C@@]2(C)c2ccc(F)c(F)c2)n1.Cn1ccc(C2=C3C[C@H](NS(=O)(=O)C4CC4)CN3C(c3nccs3)=N[C@H]2c2ccc(F)cc2Cl)n1.Cn1ccc(C2=C3C[C@H](NS(=O)(=O)C4CCCCC4)CN3C(c3nccs3)=N[C@H]2c2ccc(F)cc2Cl)n1.Cn1ccc(C2=C3C[C@H](NS(=O)(=O)c4ccccc4)CN3C(c3nccs3)=N[C@H]2c2ccc(F)cc2Cl)n1. The van der Waals surface area contributed by atoms with Crippen LogP contribution in [0.1, 0.15) is 174 Å². The maximum absolute atomic E-state index is 14.4. The van der Waals surface area contributed by atoms with Gasteiger partial charge in [0.15, 0.2) is 55.0 Å². The molecule has 8 aliphatic heterocycles. The fourth-order valence-electron chi connectivity index (χ4n) is 20.3. The van der Waals surface area contributed by atoms with Crippen LogP contribution < -0.4 is 18.9 Å². The Morgan fingerprint density at radius 1 is 0.374 bits per heavy atom. The average molecular weight is 2210 g/mol. The van der Waals surface area contributed by atoms with E-state index in [1.807, 2.05) is 107 Å². The Labute approximate surface area is 875 Å². The Kier molecular flexibility index (Phi) is 28.3. The van der Waals surface area contributed by atoms with Crippen molar-refractivity contribution in [3.8, 4) is 0 Å². The fourth-order valence-corrected chi connectivity index (χ4v) is 29.9. The van der Waals surface area contributed by atoms with E-state index in [1.165, 1.54) is 93.9 Å². The maximum atomic E-state index is 14.4. The van der Waals surface area contributed by atoms with Crippen LogP contribution in [-0.2, 0) is 73.8 Å². The molecule has 147 heavy (non-hydrogen) atoms. The molecule has 3 aliphatic carbocycles. The van der Waals surface area contributed by atoms with E-state index in [2.05, 4.69) is 64.1 Å². The largest absolute Gasteiger partial charge is 0.326 e. The minimum Gasteiger partial charge on any atom is -0.326 e. The third-order valence-electron chi connectivity index (χ3n) is 27.3. The molecule has 13 aromatic rings. The van der Waals surface area contributed by atoms with E-state index in [1.54, 1.807) is 105 Å². The molecule has 8 atom stereocenters. The molecule has 0 bridgehead atoms. The number of benzene rings is 5. The van der Waals surface area contributed by atoms with Crippen molar-refractivity contribution in [2.45, 2.75) is 159 Å². The lowest BCUT2D eigenvalue weighted by Crippen LogP contribution is -2.43. The summed E-state index contributed by atoms with van der Waals surface area (Å²) in [5, 5.41) is 28.6. The number of aryl methyl sites for hydroxylation is 4. The molecule has 48 heteroatoms. The topological polar surface area (TPSA) is 370 Å². The van der Waals surface area contributed by atoms with E-state index in [0.29, 0.717) is 163 Å². The second-order valence-electron chi connectivity index (χ2n) is 37.6. The van der Waals surface area contributed by atoms with E-state index in [-0.39, 0.29) is 53.8 Å². The number of nitrogens with zero attached hydrogens (tertiary/aromatic N) is 20. The Bertz CT molecular complexity index is 8010. The lowest BCUT2D eigenvalue weighted by Gasteiger charge is -2.38. The number of nitrogens with one attached hydrogen (secondary N) is 4. The molecule has 4 N–H and O–H groups in total. The number of hydrogen-bond donors (Lipinski definition) is 4. The van der Waals surface area contributed by atoms with Crippen molar-refractivity contribution in [2.75, 3.05) is 26.2 Å². The van der Waals surface area contributed by atoms with Crippen LogP contribution in [0, 0.1) is 29.1 Å². The molecule has 24 rings (SSSR count). The van der Waals surface area contributed by atoms with Gasteiger partial charge in [0.25, 0.3) is 0 Å². The van der Waals surface area contributed by atoms with Crippen LogP contribution in [0.2, 0.25) is 15.1 Å². The zero-order chi connectivity index (χ0) is 102. The third-order valence-corrected chi connectivity index (χ3v) is 38.9. The van der Waals surface area contributed by atoms with Crippen molar-refractivity contribution in [3.63, 3.8) is 0 Å². The number of rotatable bonds is 24. The molecule has 16 heterocycles. The Morgan fingerprint density at radius 2 is 0.714 bits per heavy atom. The number of aliphatic imine (C=N–C) groups is 4. The standard InChI is InChI=1S/C26H28ClFN6O2S2.C26H22ClFN6O2S2.C24H24F2N6O2S2.C23H22ClFN6O2S2/c2*1-33-11-9-21(31-33)23-22-14-17(32-38(35,36)18-5-3-2-4-6-18)15-34(22)25(26-29-10-12-37-26)30-24(23)19-8-7-16(28)13-20(19)27;1-24(14-3-6-17(25)18(26)11-14)21(19-7-9-31(2)29-19)20-12-15(30-36(33,34)16-4-5-16)13-32(20)22(28-24)23-27-8-10-35-23;1-30-8-6-18(28-30)20-19-11-14(29-35(32,33)15-3-4-15)12-31(19)22(23-26-7-9-34-23)27-21(20)16-5-2-13(25)10-17(16)24/h7-13,17-18,24,32H,2-6,14-15H2,1H3;2-13,17,24,32H,14-15H2,1H3;3,6-11,15-16,30H,4-5,12-13H2,1-2H3;2,5-10,14-15,21,29H,3-4,11-12H2,1H3/t2*17-,24-;15-,24-;14-,21-/m0000/s1. The number of aromatic nitrogens is 12. The summed E-state index contributed by atoms with van der Waals surface area (Å²) in [6.07, 6.45) is 23.0. The number of amidine groups is 4. The van der Waals surface area contributed by atoms with Gasteiger partial charge in [0.2, 0.25) is 40.1 Å². The van der Waals surface area contributed by atoms with Gasteiger partial charge in [-0.2, -0.15) is 20.4 Å². The van der Waals surface area contributed by atoms with Gasteiger partial charge in [-0.15, -0.1) is 45.3 Å². The van der Waals surface area contributed by atoms with Gasteiger partial charge in [-0.05, 0) is 136 Å². The Hall–Kier alpha value is -11.5. The highest BCUT2D eigenvalue weighted by Gasteiger charge is 2.52. The van der Waals surface area contributed by atoms with Crippen LogP contribution in [0.5, 0.6) is 0 Å². The van der Waals surface area contributed by atoms with E-state index >= 15 is 0 Å². The van der Waals surface area contributed by atoms with Gasteiger partial charge in [-0.3, -0.25) is 33.7 Å². The first-order valence-corrected chi connectivity index (χ1v) is 58.2. The summed E-state index contributed by atoms with van der Waals surface area (Å²) in [5.74, 6) is -0.716. The zero-order valence-corrected chi connectivity index (χ0v) is 88.1. The van der Waals surface area contributed by atoms with Gasteiger partial charge in [-0.25, -0.2) is 99.4 Å². The highest BCUT2D eigenvalue weighted by atomic mass is 35.5. The second-order valence-corrected chi connectivity index (χ2v) is 50.1. The first kappa shape index (κ1) is 101. The van der Waals surface area contributed by atoms with E-state index in [0.717, 1.165) is 86.1 Å². The van der Waals surface area contributed by atoms with Gasteiger partial charge in [0, 0.05) is 252 Å². The summed E-state index contributed by atoms with van der Waals surface area (Å²) >= 11 is 25.4. The molecule has 0 unspecified atom stereocenters. The van der Waals surface area contributed by atoms with Crippen LogP contribution in [0.4, 0.5) is 22.0 Å². The fraction of sp³-hybridized carbons (Fsp3) is 0.333. The molecule has 0 spiro atoms. The van der Waals surface area contributed by atoms with Crippen LogP contribution in [-0.4, -0.2) is 202 Å². The zero-order valence-electron chi connectivity index (χ0n) is 79.3. The molecule has 0 radical (unpaired) electrons. The van der Waals surface area contributed by atoms with Gasteiger partial charge >= 0.3 is 0 Å². The van der Waals surface area contributed by atoms with Crippen LogP contribution in [0.25, 0.3) is 22.3 Å². The summed E-state index contributed by atoms with van der Waals surface area (Å²) in [7, 11) is -6.71. The van der Waals surface area contributed by atoms with E-state index in [4.69, 9.17) is 54.8 Å². The molecule has 3 saturated carbocycles. The predicted octanol–water partition coefficient (Wildman–Crippen LogP) is 16.7. The van der Waals surface area contributed by atoms with Crippen molar-refractivity contribution >= 4 is 166 Å². The molecular weight excluding hydrogens is 2110 g/mol. The van der Waals surface area contributed by atoms with Gasteiger partial charge in [0.1, 0.15) is 41.1 Å². The highest BCUT2D eigenvalue weighted by molar-refractivity contribution is 7.91. The lowest BCUT2D eigenvalue weighted by atomic mass is 9.80. The second kappa shape index (κ2) is 41.1. The molecule has 4 saturated heterocycles. The van der Waals surface area contributed by atoms with Crippen LogP contribution in [0.3, 0.4) is 0 Å². The van der Waals surface area contributed by atoms with E-state index < -0.39 is 98.9 Å². The molecule has 5 aromatic carbocycles. The number of thiazole rings is 4. The molecular formula is C99H96Cl3F5N24O8S8. The Balaban J connectivity index is 0.000000115. The predicted molar refractivity (Wildman–Crippen MR) is 558 cm³/mol. The first-order valence-electron chi connectivity index (χ1n) is 47.4. The molecule has 8 aromatic heterocycles. The summed E-state index contributed by atoms with van der Waals surface area (Å²) in [4.78, 5) is 46.6. The minimum absolute atomic E-state index is 0.202. The first-order chi connectivity index (χ1) is 70.5. The minimum atomic E-state index is -3.75. The van der Waals surface area contributed by atoms with Crippen molar-refractivity contribution < 1.29 is 55.6 Å². The van der Waals surface area contributed by atoms with Crippen molar-refractivity contribution in [1.82, 2.24) is 97.5 Å². The van der Waals surface area contributed by atoms with Crippen molar-refractivity contribution in [2.24, 2.45) is 48.2 Å². The van der Waals surface area contributed by atoms with Crippen molar-refractivity contribution in [1.29, 1.82) is 0 Å². The van der Waals surface area contributed by atoms with Gasteiger partial charge < -0.3 is 19.6 Å². The molecule has 32 nitrogen and oxygen atoms in total. The molecule has 0 amide bonds. The summed E-state index contributed by atoms with van der Waals surface area (Å²) in [5.41, 5.74) is 10.7. The molecule has 764 valence electrons. The third kappa shape index (κ3) is 21.0. The lowest BCUT2D eigenvalue weighted by molar-refractivity contribution is 0.466. The number of hydrogen-bond acceptors (Lipinski definition) is 28. The average Bonchev–Trinajstić information content (AvgIpc) is 1.61. The maximum Gasteiger partial charge on any atom is 0.240 e. The number of halogens is 8. The van der Waals surface area contributed by atoms with Crippen LogP contribution in [0.15, 0.2) is 246 Å². The quantitative estimate of drug-likeness (QED) is 0.0408. The molecule has 7 fully saturated rings. The van der Waals surface area contributed by atoms with Gasteiger partial charge in [0.05, 0.1) is 43.4 Å². The van der Waals surface area contributed by atoms with Crippen LogP contribution >= 0.6 is 80.1 Å². The Morgan fingerprint density at radius 3 is 1.05 bits per heavy atom. The normalized spacial score (nSPS) is 22.2. The summed E-state index contributed by atoms with van der Waals surface area (Å²) in [6.45, 7) is 3.45. The summed E-state index contributed by atoms with van der Waals surface area (Å²) in [6, 6.07) is 29.4. The number of fused-ring (bicyclic) bond motifs is 4. The molecule has 11 aliphatic rings. The van der Waals surface area contributed by atoms with Gasteiger partial charge in [-0.1, -0.05) is 96.5 Å². The smallest absolute Gasteiger partial charge is 0.240 e.